The minimum Gasteiger partial charge on any atom is -0.372 e. The van der Waals surface area contributed by atoms with Gasteiger partial charge < -0.3 is 16.0 Å². The Kier molecular flexibility index (Phi) is 4.38. The summed E-state index contributed by atoms with van der Waals surface area (Å²) in [5, 5.41) is 11.9. The summed E-state index contributed by atoms with van der Waals surface area (Å²) in [6.07, 6.45) is 0.834. The summed E-state index contributed by atoms with van der Waals surface area (Å²) >= 11 is 18.4. The van der Waals surface area contributed by atoms with Crippen LogP contribution in [0.3, 0.4) is 0 Å². The third-order valence-corrected chi connectivity index (χ3v) is 5.60. The molecule has 4 rings (SSSR count). The van der Waals surface area contributed by atoms with Gasteiger partial charge in [-0.2, -0.15) is 0 Å². The van der Waals surface area contributed by atoms with Gasteiger partial charge in [-0.3, -0.25) is 0 Å². The zero-order valence-electron chi connectivity index (χ0n) is 14.5. The van der Waals surface area contributed by atoms with Gasteiger partial charge in [0.1, 0.15) is 4.99 Å². The van der Waals surface area contributed by atoms with Gasteiger partial charge in [-0.25, -0.2) is 0 Å². The number of rotatable bonds is 1. The van der Waals surface area contributed by atoms with Crippen molar-refractivity contribution in [2.45, 2.75) is 31.8 Å². The van der Waals surface area contributed by atoms with Crippen molar-refractivity contribution in [1.29, 1.82) is 0 Å². The van der Waals surface area contributed by atoms with Gasteiger partial charge in [0.15, 0.2) is 0 Å². The molecule has 2 heterocycles. The van der Waals surface area contributed by atoms with E-state index in [0.717, 1.165) is 39.6 Å². The largest absolute Gasteiger partial charge is 0.372 e. The molecule has 6 heteroatoms. The molecule has 0 saturated heterocycles. The Morgan fingerprint density at radius 1 is 1.08 bits per heavy atom. The first kappa shape index (κ1) is 17.7. The summed E-state index contributed by atoms with van der Waals surface area (Å²) in [5.74, 6) is 0. The van der Waals surface area contributed by atoms with E-state index in [0.29, 0.717) is 10.0 Å². The molecule has 1 atom stereocenters. The van der Waals surface area contributed by atoms with Gasteiger partial charge >= 0.3 is 0 Å². The van der Waals surface area contributed by atoms with Crippen LogP contribution in [-0.4, -0.2) is 10.5 Å². The lowest BCUT2D eigenvalue weighted by Crippen LogP contribution is -2.49. The zero-order chi connectivity index (χ0) is 18.5. The van der Waals surface area contributed by atoms with Gasteiger partial charge in [-0.15, -0.1) is 0 Å². The van der Waals surface area contributed by atoms with E-state index < -0.39 is 0 Å². The average Bonchev–Trinajstić information content (AvgIpc) is 2.69. The molecular formula is C20H19Cl2N3S. The first-order chi connectivity index (χ1) is 12.3. The SMILES string of the molecule is CC1(C)CC2=C(C(=S)N1)C(c1ccc(Cl)cc1Cl)Nc1ccccc1N2. The number of fused-ring (bicyclic) bond motifs is 1. The van der Waals surface area contributed by atoms with Crippen LogP contribution in [-0.2, 0) is 0 Å². The fraction of sp³-hybridized carbons (Fsp3) is 0.250. The van der Waals surface area contributed by atoms with Crippen molar-refractivity contribution in [3.63, 3.8) is 0 Å². The molecule has 0 radical (unpaired) electrons. The molecule has 0 spiro atoms. The first-order valence-electron chi connectivity index (χ1n) is 8.47. The predicted octanol–water partition coefficient (Wildman–Crippen LogP) is 5.93. The van der Waals surface area contributed by atoms with E-state index in [2.05, 4.69) is 41.9 Å². The first-order valence-corrected chi connectivity index (χ1v) is 9.63. The molecule has 2 aromatic carbocycles. The van der Waals surface area contributed by atoms with Gasteiger partial charge in [0, 0.05) is 33.3 Å². The number of para-hydroxylation sites is 2. The maximum atomic E-state index is 6.55. The van der Waals surface area contributed by atoms with Crippen LogP contribution in [0.2, 0.25) is 10.0 Å². The number of thiocarbonyl (C=S) groups is 1. The average molecular weight is 404 g/mol. The Balaban J connectivity index is 1.91. The van der Waals surface area contributed by atoms with Crippen LogP contribution in [0.15, 0.2) is 53.7 Å². The van der Waals surface area contributed by atoms with Crippen LogP contribution in [0.25, 0.3) is 0 Å². The monoisotopic (exact) mass is 403 g/mol. The molecule has 2 aliphatic heterocycles. The van der Waals surface area contributed by atoms with Crippen molar-refractivity contribution in [1.82, 2.24) is 5.32 Å². The minimum absolute atomic E-state index is 0.115. The number of nitrogens with one attached hydrogen (secondary N) is 3. The maximum absolute atomic E-state index is 6.55. The second-order valence-electron chi connectivity index (χ2n) is 7.32. The van der Waals surface area contributed by atoms with Crippen LogP contribution in [0.5, 0.6) is 0 Å². The number of hydrogen-bond acceptors (Lipinski definition) is 3. The third-order valence-electron chi connectivity index (χ3n) is 4.72. The maximum Gasteiger partial charge on any atom is 0.107 e. The second-order valence-corrected chi connectivity index (χ2v) is 8.57. The van der Waals surface area contributed by atoms with Crippen LogP contribution in [0.4, 0.5) is 11.4 Å². The Hall–Kier alpha value is -1.75. The molecule has 0 amide bonds. The smallest absolute Gasteiger partial charge is 0.107 e. The van der Waals surface area contributed by atoms with Crippen molar-refractivity contribution >= 4 is 51.8 Å². The second kappa shape index (κ2) is 6.45. The standard InChI is InChI=1S/C20H19Cl2N3S/c1-20(2)10-16-17(19(26)25-20)18(12-8-7-11(21)9-13(12)22)24-15-6-4-3-5-14(15)23-16/h3-9,18,23-24H,10H2,1-2H3,(H,25,26). The Morgan fingerprint density at radius 3 is 2.54 bits per heavy atom. The zero-order valence-corrected chi connectivity index (χ0v) is 16.8. The molecule has 0 saturated carbocycles. The van der Waals surface area contributed by atoms with E-state index in [1.807, 2.05) is 24.3 Å². The van der Waals surface area contributed by atoms with Crippen LogP contribution in [0, 0.1) is 0 Å². The van der Waals surface area contributed by atoms with E-state index in [-0.39, 0.29) is 11.6 Å². The highest BCUT2D eigenvalue weighted by molar-refractivity contribution is 7.80. The van der Waals surface area contributed by atoms with Crippen molar-refractivity contribution in [3.8, 4) is 0 Å². The Bertz CT molecular complexity index is 936. The molecular weight excluding hydrogens is 385 g/mol. The normalized spacial score (nSPS) is 20.9. The molecule has 3 N–H and O–H groups in total. The number of hydrogen-bond donors (Lipinski definition) is 3. The predicted molar refractivity (Wildman–Crippen MR) is 114 cm³/mol. The summed E-state index contributed by atoms with van der Waals surface area (Å²) in [4.78, 5) is 0.736. The summed E-state index contributed by atoms with van der Waals surface area (Å²) in [7, 11) is 0. The number of benzene rings is 2. The van der Waals surface area contributed by atoms with E-state index in [1.54, 1.807) is 6.07 Å². The lowest BCUT2D eigenvalue weighted by Gasteiger charge is -2.37. The highest BCUT2D eigenvalue weighted by atomic mass is 35.5. The van der Waals surface area contributed by atoms with Gasteiger partial charge in [-0.05, 0) is 43.7 Å². The lowest BCUT2D eigenvalue weighted by molar-refractivity contribution is 0.447. The summed E-state index contributed by atoms with van der Waals surface area (Å²) in [6.45, 7) is 4.30. The van der Waals surface area contributed by atoms with E-state index in [4.69, 9.17) is 35.4 Å². The van der Waals surface area contributed by atoms with E-state index in [9.17, 15) is 0 Å². The molecule has 0 fully saturated rings. The van der Waals surface area contributed by atoms with Gasteiger partial charge in [-0.1, -0.05) is 53.6 Å². The highest BCUT2D eigenvalue weighted by Gasteiger charge is 2.36. The fourth-order valence-electron chi connectivity index (χ4n) is 3.59. The molecule has 1 unspecified atom stereocenters. The molecule has 134 valence electrons. The van der Waals surface area contributed by atoms with Crippen LogP contribution >= 0.6 is 35.4 Å². The summed E-state index contributed by atoms with van der Waals surface area (Å²) < 4.78 is 0. The molecule has 2 aromatic rings. The Morgan fingerprint density at radius 2 is 1.81 bits per heavy atom. The summed E-state index contributed by atoms with van der Waals surface area (Å²) in [6, 6.07) is 13.6. The topological polar surface area (TPSA) is 36.1 Å². The molecule has 3 nitrogen and oxygen atoms in total. The molecule has 2 aliphatic rings. The number of halogens is 2. The molecule has 26 heavy (non-hydrogen) atoms. The van der Waals surface area contributed by atoms with Gasteiger partial charge in [0.05, 0.1) is 17.4 Å². The number of anilines is 2. The molecule has 0 bridgehead atoms. The van der Waals surface area contributed by atoms with Gasteiger partial charge in [0.25, 0.3) is 0 Å². The fourth-order valence-corrected chi connectivity index (χ4v) is 4.62. The van der Waals surface area contributed by atoms with Crippen LogP contribution < -0.4 is 16.0 Å². The quantitative estimate of drug-likeness (QED) is 0.516. The minimum atomic E-state index is -0.165. The molecule has 0 aromatic heterocycles. The van der Waals surface area contributed by atoms with Crippen molar-refractivity contribution < 1.29 is 0 Å². The third kappa shape index (κ3) is 3.18. The van der Waals surface area contributed by atoms with Gasteiger partial charge in [0.2, 0.25) is 0 Å². The van der Waals surface area contributed by atoms with Crippen molar-refractivity contribution in [2.24, 2.45) is 0 Å². The van der Waals surface area contributed by atoms with E-state index >= 15 is 0 Å². The summed E-state index contributed by atoms with van der Waals surface area (Å²) in [5.41, 5.74) is 5.03. The highest BCUT2D eigenvalue weighted by Crippen LogP contribution is 2.42. The lowest BCUT2D eigenvalue weighted by atomic mass is 9.86. The molecule has 0 aliphatic carbocycles. The van der Waals surface area contributed by atoms with Crippen molar-refractivity contribution in [2.75, 3.05) is 10.6 Å². The van der Waals surface area contributed by atoms with E-state index in [1.165, 1.54) is 0 Å². The van der Waals surface area contributed by atoms with Crippen molar-refractivity contribution in [3.05, 3.63) is 69.3 Å². The Labute approximate surface area is 168 Å². The van der Waals surface area contributed by atoms with Crippen LogP contribution in [0.1, 0.15) is 31.9 Å².